The third-order valence-corrected chi connectivity index (χ3v) is 3.76. The summed E-state index contributed by atoms with van der Waals surface area (Å²) in [4.78, 5) is 13.0. The van der Waals surface area contributed by atoms with Crippen LogP contribution in [0.2, 0.25) is 0 Å². The molecular formula is C12H15NO4S2. The van der Waals surface area contributed by atoms with Crippen LogP contribution in [0.3, 0.4) is 0 Å². The summed E-state index contributed by atoms with van der Waals surface area (Å²) < 4.78 is 5.43. The number of hydrogen-bond donors (Lipinski definition) is 3. The average Bonchev–Trinajstić information content (AvgIpc) is 2.63. The molecule has 0 aromatic carbocycles. The Balaban J connectivity index is 2.27. The van der Waals surface area contributed by atoms with E-state index < -0.39 is 11.8 Å². The van der Waals surface area contributed by atoms with Crippen molar-refractivity contribution in [3.05, 3.63) is 24.2 Å². The van der Waals surface area contributed by atoms with Gasteiger partial charge in [0, 0.05) is 12.8 Å². The van der Waals surface area contributed by atoms with Crippen LogP contribution in [-0.4, -0.2) is 43.6 Å². The fourth-order valence-corrected chi connectivity index (χ4v) is 3.04. The Hall–Kier alpha value is -0.890. The molecule has 7 heteroatoms. The first-order chi connectivity index (χ1) is 9.00. The van der Waals surface area contributed by atoms with Gasteiger partial charge < -0.3 is 19.8 Å². The van der Waals surface area contributed by atoms with Gasteiger partial charge in [0.2, 0.25) is 0 Å². The Labute approximate surface area is 121 Å². The number of hydrogen-bond acceptors (Lipinski definition) is 5. The minimum atomic E-state index is -1.35. The van der Waals surface area contributed by atoms with Crippen molar-refractivity contribution in [2.75, 3.05) is 6.61 Å². The molecule has 0 aromatic rings. The zero-order valence-electron chi connectivity index (χ0n) is 10.2. The Morgan fingerprint density at radius 3 is 2.95 bits per heavy atom. The first-order valence-electron chi connectivity index (χ1n) is 5.85. The van der Waals surface area contributed by atoms with E-state index in [0.29, 0.717) is 5.76 Å². The molecule has 2 aliphatic heterocycles. The number of aliphatic hydroxyl groups is 2. The van der Waals surface area contributed by atoms with Crippen molar-refractivity contribution in [3.63, 3.8) is 0 Å². The zero-order chi connectivity index (χ0) is 14.0. The number of rotatable bonds is 3. The van der Waals surface area contributed by atoms with Crippen molar-refractivity contribution in [1.82, 2.24) is 4.90 Å². The average molecular weight is 301 g/mol. The molecular weight excluding hydrogens is 286 g/mol. The van der Waals surface area contributed by atoms with Gasteiger partial charge in [-0.1, -0.05) is 12.2 Å². The molecule has 1 fully saturated rings. The highest BCUT2D eigenvalue weighted by atomic mass is 32.1. The second kappa shape index (κ2) is 5.62. The number of nitrogens with zero attached hydrogens (tertiary/aromatic N) is 1. The summed E-state index contributed by atoms with van der Waals surface area (Å²) in [5.74, 6) is 0.269. The Kier molecular flexibility index (Phi) is 4.29. The second-order valence-corrected chi connectivity index (χ2v) is 5.74. The lowest BCUT2D eigenvalue weighted by Gasteiger charge is -2.38. The number of aliphatic hydroxyl groups excluding tert-OH is 2. The van der Waals surface area contributed by atoms with Crippen LogP contribution >= 0.6 is 24.8 Å². The molecule has 2 rings (SSSR count). The van der Waals surface area contributed by atoms with E-state index >= 15 is 0 Å². The summed E-state index contributed by atoms with van der Waals surface area (Å²) in [5.41, 5.74) is -0.980. The number of Topliss-reactive ketones (excluding diaryl/α,β-unsaturated/α-hetero) is 1. The molecule has 2 atom stereocenters. The van der Waals surface area contributed by atoms with Crippen molar-refractivity contribution in [2.24, 2.45) is 0 Å². The van der Waals surface area contributed by atoms with Crippen LogP contribution in [0.15, 0.2) is 24.2 Å². The highest BCUT2D eigenvalue weighted by molar-refractivity contribution is 8.10. The fourth-order valence-electron chi connectivity index (χ4n) is 2.42. The fraction of sp³-hybridized carbons (Fsp3) is 0.500. The first-order valence-corrected chi connectivity index (χ1v) is 6.70. The predicted octanol–water partition coefficient (Wildman–Crippen LogP) is 0.733. The summed E-state index contributed by atoms with van der Waals surface area (Å²) in [6, 6.07) is 0. The van der Waals surface area contributed by atoms with Crippen LogP contribution in [0.1, 0.15) is 19.3 Å². The second-order valence-electron chi connectivity index (χ2n) is 4.62. The van der Waals surface area contributed by atoms with Gasteiger partial charge in [-0.2, -0.15) is 0 Å². The summed E-state index contributed by atoms with van der Waals surface area (Å²) >= 11 is 9.00. The monoisotopic (exact) mass is 301 g/mol. The largest absolute Gasteiger partial charge is 0.470 e. The molecule has 2 aliphatic rings. The SMILES string of the molecule is O=C1CC(CO)(CC2=CCC=CO2)N(C(=S)S)C1O. The summed E-state index contributed by atoms with van der Waals surface area (Å²) in [6.07, 6.45) is 4.97. The van der Waals surface area contributed by atoms with E-state index in [4.69, 9.17) is 17.0 Å². The molecule has 0 aliphatic carbocycles. The highest BCUT2D eigenvalue weighted by Crippen LogP contribution is 2.37. The van der Waals surface area contributed by atoms with Gasteiger partial charge in [0.1, 0.15) is 10.1 Å². The van der Waals surface area contributed by atoms with Crippen LogP contribution < -0.4 is 0 Å². The maximum atomic E-state index is 11.7. The van der Waals surface area contributed by atoms with Gasteiger partial charge in [0.15, 0.2) is 12.0 Å². The van der Waals surface area contributed by atoms with E-state index in [1.165, 1.54) is 4.90 Å². The molecule has 0 spiro atoms. The number of ether oxygens (including phenoxy) is 1. The summed E-state index contributed by atoms with van der Waals surface area (Å²) in [7, 11) is 0. The van der Waals surface area contributed by atoms with Crippen LogP contribution in [0.25, 0.3) is 0 Å². The van der Waals surface area contributed by atoms with Crippen LogP contribution in [0, 0.1) is 0 Å². The molecule has 0 amide bonds. The Morgan fingerprint density at radius 1 is 1.68 bits per heavy atom. The minimum absolute atomic E-state index is 0.00970. The highest BCUT2D eigenvalue weighted by Gasteiger charge is 2.51. The molecule has 2 unspecified atom stereocenters. The van der Waals surface area contributed by atoms with Gasteiger partial charge in [-0.25, -0.2) is 0 Å². The van der Waals surface area contributed by atoms with E-state index in [2.05, 4.69) is 12.6 Å². The van der Waals surface area contributed by atoms with Gasteiger partial charge in [-0.15, -0.1) is 12.6 Å². The lowest BCUT2D eigenvalue weighted by Crippen LogP contribution is -2.51. The van der Waals surface area contributed by atoms with Crippen molar-refractivity contribution in [2.45, 2.75) is 31.0 Å². The maximum absolute atomic E-state index is 11.7. The van der Waals surface area contributed by atoms with Crippen molar-refractivity contribution in [1.29, 1.82) is 0 Å². The normalized spacial score (nSPS) is 30.3. The lowest BCUT2D eigenvalue weighted by molar-refractivity contribution is -0.127. The molecule has 104 valence electrons. The van der Waals surface area contributed by atoms with Crippen molar-refractivity contribution < 1.29 is 19.7 Å². The lowest BCUT2D eigenvalue weighted by atomic mass is 9.91. The molecule has 5 nitrogen and oxygen atoms in total. The van der Waals surface area contributed by atoms with E-state index in [1.54, 1.807) is 6.26 Å². The van der Waals surface area contributed by atoms with E-state index in [0.717, 1.165) is 6.42 Å². The van der Waals surface area contributed by atoms with Crippen molar-refractivity contribution in [3.8, 4) is 0 Å². The molecule has 1 saturated heterocycles. The quantitative estimate of drug-likeness (QED) is 0.527. The standard InChI is InChI=1S/C12H15NO4S2/c14-7-12(5-8-3-1-2-4-17-8)6-9(15)10(16)13(12)11(18)19/h2-4,10,14,16H,1,5-7H2,(H,18,19). The van der Waals surface area contributed by atoms with Gasteiger partial charge >= 0.3 is 0 Å². The van der Waals surface area contributed by atoms with Gasteiger partial charge in [0.25, 0.3) is 0 Å². The van der Waals surface area contributed by atoms with Crippen LogP contribution in [0.5, 0.6) is 0 Å². The number of thiol groups is 1. The third kappa shape index (κ3) is 2.69. The topological polar surface area (TPSA) is 70.0 Å². The van der Waals surface area contributed by atoms with Crippen molar-refractivity contribution >= 4 is 35.0 Å². The Bertz CT molecular complexity index is 463. The number of allylic oxidation sites excluding steroid dienone is 2. The van der Waals surface area contributed by atoms with E-state index in [9.17, 15) is 15.0 Å². The number of likely N-dealkylation sites (tertiary alicyclic amines) is 1. The summed E-state index contributed by atoms with van der Waals surface area (Å²) in [5, 5.41) is 19.6. The molecule has 2 heterocycles. The number of carbonyl (C=O) groups is 1. The Morgan fingerprint density at radius 2 is 2.42 bits per heavy atom. The molecule has 0 bridgehead atoms. The van der Waals surface area contributed by atoms with Gasteiger partial charge in [-0.05, 0) is 18.6 Å². The maximum Gasteiger partial charge on any atom is 0.188 e. The number of ketones is 1. The number of carbonyl (C=O) groups excluding carboxylic acids is 1. The minimum Gasteiger partial charge on any atom is -0.470 e. The van der Waals surface area contributed by atoms with Gasteiger partial charge in [-0.3, -0.25) is 4.79 Å². The third-order valence-electron chi connectivity index (χ3n) is 3.35. The molecule has 19 heavy (non-hydrogen) atoms. The first kappa shape index (κ1) is 14.5. The van der Waals surface area contributed by atoms with Gasteiger partial charge in [0.05, 0.1) is 18.4 Å². The van der Waals surface area contributed by atoms with E-state index in [1.807, 2.05) is 12.2 Å². The van der Waals surface area contributed by atoms with E-state index in [-0.39, 0.29) is 29.6 Å². The van der Waals surface area contributed by atoms with Crippen LogP contribution in [0.4, 0.5) is 0 Å². The molecule has 0 aromatic heterocycles. The van der Waals surface area contributed by atoms with Crippen LogP contribution in [-0.2, 0) is 9.53 Å². The molecule has 0 radical (unpaired) electrons. The number of thiocarbonyl (C=S) groups is 1. The smallest absolute Gasteiger partial charge is 0.188 e. The summed E-state index contributed by atoms with van der Waals surface area (Å²) in [6.45, 7) is -0.319. The zero-order valence-corrected chi connectivity index (χ0v) is 11.9. The molecule has 0 saturated carbocycles. The predicted molar refractivity (Wildman–Crippen MR) is 76.4 cm³/mol. The molecule has 2 N–H and O–H groups in total.